The summed E-state index contributed by atoms with van der Waals surface area (Å²) >= 11 is 5.86. The van der Waals surface area contributed by atoms with Crippen molar-refractivity contribution in [1.29, 1.82) is 5.26 Å². The highest BCUT2D eigenvalue weighted by Gasteiger charge is 2.20. The van der Waals surface area contributed by atoms with Crippen LogP contribution >= 0.6 is 11.6 Å². The summed E-state index contributed by atoms with van der Waals surface area (Å²) in [6, 6.07) is 8.39. The van der Waals surface area contributed by atoms with Crippen molar-refractivity contribution in [2.45, 2.75) is 6.54 Å². The fourth-order valence-corrected chi connectivity index (χ4v) is 3.71. The second-order valence-electron chi connectivity index (χ2n) is 7.21. The van der Waals surface area contributed by atoms with Gasteiger partial charge >= 0.3 is 0 Å². The van der Waals surface area contributed by atoms with Crippen LogP contribution in [0.1, 0.15) is 11.1 Å². The number of likely N-dealkylation sites (N-methyl/N-ethyl adjacent to an activating group) is 1. The molecule has 0 aliphatic carbocycles. The molecule has 6 nitrogen and oxygen atoms in total. The number of benzene rings is 1. The number of fused-ring (bicyclic) bond motifs is 1. The summed E-state index contributed by atoms with van der Waals surface area (Å²) in [6.45, 7) is 3.48. The van der Waals surface area contributed by atoms with Crippen LogP contribution in [-0.4, -0.2) is 47.7 Å². The minimum atomic E-state index is -0.461. The topological polar surface area (TPSA) is 65.2 Å². The molecule has 3 aromatic rings. The zero-order valence-corrected chi connectivity index (χ0v) is 16.7. The van der Waals surface area contributed by atoms with Gasteiger partial charge in [-0.15, -0.1) is 0 Å². The molecule has 0 spiro atoms. The van der Waals surface area contributed by atoms with Crippen LogP contribution in [0.4, 0.5) is 10.1 Å². The Hall–Kier alpha value is -2.95. The highest BCUT2D eigenvalue weighted by molar-refractivity contribution is 6.29. The van der Waals surface area contributed by atoms with E-state index in [4.69, 9.17) is 11.6 Å². The number of pyridine rings is 2. The third-order valence-corrected chi connectivity index (χ3v) is 5.48. The van der Waals surface area contributed by atoms with Crippen molar-refractivity contribution in [3.8, 4) is 6.07 Å². The van der Waals surface area contributed by atoms with Gasteiger partial charge in [0, 0.05) is 45.1 Å². The third kappa shape index (κ3) is 3.82. The first kappa shape index (κ1) is 19.4. The molecule has 0 atom stereocenters. The molecule has 2 aromatic heterocycles. The van der Waals surface area contributed by atoms with Gasteiger partial charge in [0.15, 0.2) is 0 Å². The van der Waals surface area contributed by atoms with E-state index in [1.807, 2.05) is 24.1 Å². The molecule has 0 bridgehead atoms. The van der Waals surface area contributed by atoms with Crippen molar-refractivity contribution in [1.82, 2.24) is 14.5 Å². The SMILES string of the molecule is CN1CCN(c2cc3c(cc2F)c(=O)c(C#N)cn3Cc2ccc(Cl)nc2)CC1. The molecule has 1 aliphatic heterocycles. The van der Waals surface area contributed by atoms with E-state index in [1.54, 1.807) is 22.9 Å². The van der Waals surface area contributed by atoms with Gasteiger partial charge in [0.1, 0.15) is 22.6 Å². The maximum atomic E-state index is 14.9. The smallest absolute Gasteiger partial charge is 0.207 e. The molecule has 1 aromatic carbocycles. The predicted molar refractivity (Wildman–Crippen MR) is 111 cm³/mol. The standard InChI is InChI=1S/C21H19ClFN5O/c1-26-4-6-27(7-5-26)19-9-18-16(8-17(19)23)21(29)15(10-24)13-28(18)12-14-2-3-20(22)25-11-14/h2-3,8-9,11,13H,4-7,12H2,1H3. The van der Waals surface area contributed by atoms with Crippen molar-refractivity contribution < 1.29 is 4.39 Å². The molecular weight excluding hydrogens is 393 g/mol. The molecule has 4 rings (SSSR count). The van der Waals surface area contributed by atoms with Crippen LogP contribution in [0, 0.1) is 17.1 Å². The summed E-state index contributed by atoms with van der Waals surface area (Å²) in [4.78, 5) is 20.9. The fraction of sp³-hybridized carbons (Fsp3) is 0.286. The van der Waals surface area contributed by atoms with E-state index in [1.165, 1.54) is 12.3 Å². The van der Waals surface area contributed by atoms with E-state index in [0.29, 0.717) is 36.0 Å². The molecule has 0 saturated carbocycles. The van der Waals surface area contributed by atoms with Gasteiger partial charge in [-0.05, 0) is 30.8 Å². The lowest BCUT2D eigenvalue weighted by atomic mass is 10.1. The first-order valence-corrected chi connectivity index (χ1v) is 9.65. The average Bonchev–Trinajstić information content (AvgIpc) is 2.72. The summed E-state index contributed by atoms with van der Waals surface area (Å²) in [5.41, 5.74) is 1.42. The lowest BCUT2D eigenvalue weighted by Gasteiger charge is -2.34. The number of hydrogen-bond donors (Lipinski definition) is 0. The minimum Gasteiger partial charge on any atom is -0.367 e. The number of aromatic nitrogens is 2. The summed E-state index contributed by atoms with van der Waals surface area (Å²) < 4.78 is 16.7. The highest BCUT2D eigenvalue weighted by atomic mass is 35.5. The van der Waals surface area contributed by atoms with Gasteiger partial charge in [-0.25, -0.2) is 9.37 Å². The number of nitrogens with zero attached hydrogens (tertiary/aromatic N) is 5. The summed E-state index contributed by atoms with van der Waals surface area (Å²) in [7, 11) is 2.04. The summed E-state index contributed by atoms with van der Waals surface area (Å²) in [6.07, 6.45) is 3.16. The Labute approximate surface area is 172 Å². The Bertz CT molecular complexity index is 1160. The van der Waals surface area contributed by atoms with Crippen molar-refractivity contribution in [2.75, 3.05) is 38.1 Å². The summed E-state index contributed by atoms with van der Waals surface area (Å²) in [5.74, 6) is -0.450. The lowest BCUT2D eigenvalue weighted by Crippen LogP contribution is -2.44. The Morgan fingerprint density at radius 3 is 2.66 bits per heavy atom. The largest absolute Gasteiger partial charge is 0.367 e. The second kappa shape index (κ2) is 7.82. The molecule has 148 valence electrons. The Morgan fingerprint density at radius 1 is 1.24 bits per heavy atom. The first-order chi connectivity index (χ1) is 14.0. The van der Waals surface area contributed by atoms with Crippen LogP contribution in [0.2, 0.25) is 5.15 Å². The number of rotatable bonds is 3. The van der Waals surface area contributed by atoms with Gasteiger partial charge in [0.05, 0.1) is 16.6 Å². The second-order valence-corrected chi connectivity index (χ2v) is 7.60. The van der Waals surface area contributed by atoms with Gasteiger partial charge in [-0.1, -0.05) is 17.7 Å². The van der Waals surface area contributed by atoms with Crippen molar-refractivity contribution in [3.05, 3.63) is 69.0 Å². The monoisotopic (exact) mass is 411 g/mol. The van der Waals surface area contributed by atoms with E-state index in [2.05, 4.69) is 9.88 Å². The first-order valence-electron chi connectivity index (χ1n) is 9.27. The van der Waals surface area contributed by atoms with E-state index in [0.717, 1.165) is 18.7 Å². The van der Waals surface area contributed by atoms with Crippen molar-refractivity contribution in [3.63, 3.8) is 0 Å². The molecular formula is C21H19ClFN5O. The van der Waals surface area contributed by atoms with Gasteiger partial charge in [0.25, 0.3) is 0 Å². The van der Waals surface area contributed by atoms with E-state index in [-0.39, 0.29) is 10.9 Å². The van der Waals surface area contributed by atoms with Gasteiger partial charge in [-0.3, -0.25) is 4.79 Å². The van der Waals surface area contributed by atoms with Crippen LogP contribution in [0.5, 0.6) is 0 Å². The van der Waals surface area contributed by atoms with Crippen LogP contribution in [0.3, 0.4) is 0 Å². The third-order valence-electron chi connectivity index (χ3n) is 5.25. The molecule has 0 N–H and O–H groups in total. The minimum absolute atomic E-state index is 0.0221. The van der Waals surface area contributed by atoms with Gasteiger partial charge < -0.3 is 14.4 Å². The molecule has 8 heteroatoms. The molecule has 3 heterocycles. The quantitative estimate of drug-likeness (QED) is 0.620. The van der Waals surface area contributed by atoms with E-state index in [9.17, 15) is 14.4 Å². The van der Waals surface area contributed by atoms with Crippen LogP contribution in [-0.2, 0) is 6.54 Å². The van der Waals surface area contributed by atoms with Crippen LogP contribution in [0.25, 0.3) is 10.9 Å². The van der Waals surface area contributed by atoms with Crippen molar-refractivity contribution >= 4 is 28.2 Å². The Morgan fingerprint density at radius 2 is 2.00 bits per heavy atom. The molecule has 0 unspecified atom stereocenters. The molecule has 0 amide bonds. The zero-order chi connectivity index (χ0) is 20.5. The maximum Gasteiger partial charge on any atom is 0.207 e. The van der Waals surface area contributed by atoms with Crippen molar-refractivity contribution in [2.24, 2.45) is 0 Å². The maximum absolute atomic E-state index is 14.9. The lowest BCUT2D eigenvalue weighted by molar-refractivity contribution is 0.312. The van der Waals surface area contributed by atoms with Crippen LogP contribution < -0.4 is 10.3 Å². The van der Waals surface area contributed by atoms with Crippen LogP contribution in [0.15, 0.2) is 41.5 Å². The van der Waals surface area contributed by atoms with Gasteiger partial charge in [0.2, 0.25) is 5.43 Å². The van der Waals surface area contributed by atoms with E-state index >= 15 is 0 Å². The fourth-order valence-electron chi connectivity index (χ4n) is 3.60. The average molecular weight is 412 g/mol. The molecule has 1 fully saturated rings. The Balaban J connectivity index is 1.85. The van der Waals surface area contributed by atoms with Gasteiger partial charge in [-0.2, -0.15) is 5.26 Å². The zero-order valence-electron chi connectivity index (χ0n) is 15.9. The number of hydrogen-bond acceptors (Lipinski definition) is 5. The Kier molecular flexibility index (Phi) is 5.22. The number of piperazine rings is 1. The number of halogens is 2. The number of nitriles is 1. The molecule has 29 heavy (non-hydrogen) atoms. The normalized spacial score (nSPS) is 14.9. The molecule has 1 aliphatic rings. The van der Waals surface area contributed by atoms with E-state index < -0.39 is 11.2 Å². The predicted octanol–water partition coefficient (Wildman–Crippen LogP) is 2.86. The number of anilines is 1. The highest BCUT2D eigenvalue weighted by Crippen LogP contribution is 2.26. The molecule has 0 radical (unpaired) electrons. The summed E-state index contributed by atoms with van der Waals surface area (Å²) in [5, 5.41) is 9.94. The molecule has 1 saturated heterocycles.